The first kappa shape index (κ1) is 13.5. The van der Waals surface area contributed by atoms with E-state index in [0.717, 1.165) is 12.1 Å². The minimum Gasteiger partial charge on any atom is -0.409 e. The summed E-state index contributed by atoms with van der Waals surface area (Å²) in [5.41, 5.74) is 5.74. The molecule has 0 unspecified atom stereocenters. The van der Waals surface area contributed by atoms with Crippen LogP contribution in [0.5, 0.6) is 0 Å². The second kappa shape index (κ2) is 5.39. The molecule has 2 aromatic rings. The number of amidine groups is 1. The van der Waals surface area contributed by atoms with Gasteiger partial charge in [-0.3, -0.25) is 4.79 Å². The van der Waals surface area contributed by atoms with E-state index in [1.165, 1.54) is 12.1 Å². The number of hydrogen-bond donors (Lipinski definition) is 3. The maximum Gasteiger partial charge on any atom is 0.277 e. The Morgan fingerprint density at radius 2 is 2.25 bits per heavy atom. The summed E-state index contributed by atoms with van der Waals surface area (Å²) in [4.78, 5) is 11.9. The van der Waals surface area contributed by atoms with Gasteiger partial charge in [0, 0.05) is 11.6 Å². The average Bonchev–Trinajstić information content (AvgIpc) is 2.86. The molecule has 0 atom stereocenters. The van der Waals surface area contributed by atoms with E-state index >= 15 is 0 Å². The molecule has 104 valence electrons. The van der Waals surface area contributed by atoms with E-state index in [-0.39, 0.29) is 22.8 Å². The number of carbonyl (C=O) groups is 1. The predicted octanol–water partition coefficient (Wildman–Crippen LogP) is 1.47. The third-order valence-corrected chi connectivity index (χ3v) is 2.47. The highest BCUT2D eigenvalue weighted by Gasteiger charge is 2.15. The first-order valence-electron chi connectivity index (χ1n) is 5.53. The number of halogens is 1. The summed E-state index contributed by atoms with van der Waals surface area (Å²) in [6, 6.07) is 4.92. The van der Waals surface area contributed by atoms with Gasteiger partial charge in [0.25, 0.3) is 5.91 Å². The molecule has 1 aromatic carbocycles. The lowest BCUT2D eigenvalue weighted by atomic mass is 10.1. The van der Waals surface area contributed by atoms with E-state index in [1.54, 1.807) is 6.92 Å². The molecule has 1 aromatic heterocycles. The Hall–Kier alpha value is -2.90. The van der Waals surface area contributed by atoms with E-state index in [1.807, 2.05) is 0 Å². The quantitative estimate of drug-likeness (QED) is 0.340. The SMILES string of the molecule is Cc1cc(C(=O)Nc2ccc(F)cc2/C(N)=N/O)no1. The Labute approximate surface area is 112 Å². The summed E-state index contributed by atoms with van der Waals surface area (Å²) in [7, 11) is 0. The zero-order valence-electron chi connectivity index (χ0n) is 10.4. The maximum absolute atomic E-state index is 13.2. The van der Waals surface area contributed by atoms with E-state index in [2.05, 4.69) is 15.6 Å². The molecule has 0 fully saturated rings. The minimum absolute atomic E-state index is 0.0565. The molecule has 8 heteroatoms. The molecule has 0 aliphatic rings. The highest BCUT2D eigenvalue weighted by molar-refractivity contribution is 6.09. The number of aryl methyl sites for hydroxylation is 1. The smallest absolute Gasteiger partial charge is 0.277 e. The molecule has 20 heavy (non-hydrogen) atoms. The topological polar surface area (TPSA) is 114 Å². The van der Waals surface area contributed by atoms with Crippen molar-refractivity contribution in [3.63, 3.8) is 0 Å². The molecular weight excluding hydrogens is 267 g/mol. The molecular formula is C12H11FN4O3. The van der Waals surface area contributed by atoms with Gasteiger partial charge in [0.05, 0.1) is 5.69 Å². The fraction of sp³-hybridized carbons (Fsp3) is 0.0833. The average molecular weight is 278 g/mol. The molecule has 0 spiro atoms. The van der Waals surface area contributed by atoms with Crippen LogP contribution in [-0.4, -0.2) is 22.1 Å². The second-order valence-corrected chi connectivity index (χ2v) is 3.95. The molecule has 0 saturated carbocycles. The normalized spacial score (nSPS) is 11.4. The molecule has 4 N–H and O–H groups in total. The Morgan fingerprint density at radius 1 is 1.50 bits per heavy atom. The Bertz CT molecular complexity index is 681. The number of benzene rings is 1. The van der Waals surface area contributed by atoms with E-state index in [9.17, 15) is 9.18 Å². The third-order valence-electron chi connectivity index (χ3n) is 2.47. The summed E-state index contributed by atoms with van der Waals surface area (Å²) in [5, 5.41) is 17.5. The fourth-order valence-electron chi connectivity index (χ4n) is 1.55. The van der Waals surface area contributed by atoms with Crippen molar-refractivity contribution in [1.82, 2.24) is 5.16 Å². The Morgan fingerprint density at radius 3 is 2.85 bits per heavy atom. The van der Waals surface area contributed by atoms with Gasteiger partial charge in [0.15, 0.2) is 11.5 Å². The van der Waals surface area contributed by atoms with Crippen LogP contribution in [0.1, 0.15) is 21.8 Å². The molecule has 0 saturated heterocycles. The van der Waals surface area contributed by atoms with Gasteiger partial charge in [0.2, 0.25) is 0 Å². The summed E-state index contributed by atoms with van der Waals surface area (Å²) < 4.78 is 18.0. The van der Waals surface area contributed by atoms with Gasteiger partial charge in [-0.05, 0) is 25.1 Å². The lowest BCUT2D eigenvalue weighted by molar-refractivity contribution is 0.101. The third kappa shape index (κ3) is 2.74. The molecule has 0 aliphatic carbocycles. The van der Waals surface area contributed by atoms with Crippen molar-refractivity contribution >= 4 is 17.4 Å². The summed E-state index contributed by atoms with van der Waals surface area (Å²) in [6.45, 7) is 1.64. The largest absolute Gasteiger partial charge is 0.409 e. The van der Waals surface area contributed by atoms with Crippen LogP contribution in [0, 0.1) is 12.7 Å². The number of oxime groups is 1. The van der Waals surface area contributed by atoms with Crippen LogP contribution in [0.15, 0.2) is 33.9 Å². The Kier molecular flexibility index (Phi) is 3.65. The van der Waals surface area contributed by atoms with Gasteiger partial charge in [-0.15, -0.1) is 0 Å². The fourth-order valence-corrected chi connectivity index (χ4v) is 1.55. The number of amides is 1. The number of nitrogens with zero attached hydrogens (tertiary/aromatic N) is 2. The number of hydrogen-bond acceptors (Lipinski definition) is 5. The van der Waals surface area contributed by atoms with Gasteiger partial charge in [0.1, 0.15) is 11.6 Å². The molecule has 2 rings (SSSR count). The highest BCUT2D eigenvalue weighted by atomic mass is 19.1. The summed E-state index contributed by atoms with van der Waals surface area (Å²) in [5.74, 6) is -0.982. The molecule has 1 heterocycles. The van der Waals surface area contributed by atoms with Crippen molar-refractivity contribution in [2.24, 2.45) is 10.9 Å². The first-order chi connectivity index (χ1) is 9.51. The number of aromatic nitrogens is 1. The monoisotopic (exact) mass is 278 g/mol. The molecule has 0 aliphatic heterocycles. The maximum atomic E-state index is 13.2. The van der Waals surface area contributed by atoms with Crippen LogP contribution in [0.4, 0.5) is 10.1 Å². The number of carbonyl (C=O) groups excluding carboxylic acids is 1. The van der Waals surface area contributed by atoms with Crippen molar-refractivity contribution in [3.05, 3.63) is 47.1 Å². The molecule has 7 nitrogen and oxygen atoms in total. The minimum atomic E-state index is -0.582. The van der Waals surface area contributed by atoms with Crippen LogP contribution in [0.3, 0.4) is 0 Å². The van der Waals surface area contributed by atoms with Crippen LogP contribution in [0.2, 0.25) is 0 Å². The molecule has 1 amide bonds. The Balaban J connectivity index is 2.32. The zero-order chi connectivity index (χ0) is 14.7. The van der Waals surface area contributed by atoms with Crippen molar-refractivity contribution in [2.75, 3.05) is 5.32 Å². The van der Waals surface area contributed by atoms with Gasteiger partial charge in [-0.25, -0.2) is 4.39 Å². The van der Waals surface area contributed by atoms with Crippen molar-refractivity contribution < 1.29 is 18.9 Å². The van der Waals surface area contributed by atoms with E-state index < -0.39 is 11.7 Å². The van der Waals surface area contributed by atoms with E-state index in [0.29, 0.717) is 5.76 Å². The van der Waals surface area contributed by atoms with Crippen molar-refractivity contribution in [2.45, 2.75) is 6.92 Å². The summed E-state index contributed by atoms with van der Waals surface area (Å²) in [6.07, 6.45) is 0. The van der Waals surface area contributed by atoms with E-state index in [4.69, 9.17) is 15.5 Å². The van der Waals surface area contributed by atoms with Crippen molar-refractivity contribution in [1.29, 1.82) is 0 Å². The lowest BCUT2D eigenvalue weighted by Crippen LogP contribution is -2.19. The van der Waals surface area contributed by atoms with Crippen LogP contribution in [0.25, 0.3) is 0 Å². The van der Waals surface area contributed by atoms with Crippen LogP contribution >= 0.6 is 0 Å². The lowest BCUT2D eigenvalue weighted by Gasteiger charge is -2.09. The number of anilines is 1. The van der Waals surface area contributed by atoms with Gasteiger partial charge < -0.3 is 20.8 Å². The van der Waals surface area contributed by atoms with Gasteiger partial charge in [-0.1, -0.05) is 10.3 Å². The standard InChI is InChI=1S/C12H11FN4O3/c1-6-4-10(17-20-6)12(18)15-9-3-2-7(13)5-8(9)11(14)16-19/h2-5,19H,1H3,(H2,14,16)(H,15,18). The predicted molar refractivity (Wildman–Crippen MR) is 68.1 cm³/mol. The van der Waals surface area contributed by atoms with Gasteiger partial charge >= 0.3 is 0 Å². The molecule has 0 bridgehead atoms. The zero-order valence-corrected chi connectivity index (χ0v) is 10.4. The number of rotatable bonds is 3. The first-order valence-corrected chi connectivity index (χ1v) is 5.53. The van der Waals surface area contributed by atoms with Crippen LogP contribution in [-0.2, 0) is 0 Å². The second-order valence-electron chi connectivity index (χ2n) is 3.95. The van der Waals surface area contributed by atoms with Crippen LogP contribution < -0.4 is 11.1 Å². The van der Waals surface area contributed by atoms with Gasteiger partial charge in [-0.2, -0.15) is 0 Å². The molecule has 0 radical (unpaired) electrons. The summed E-state index contributed by atoms with van der Waals surface area (Å²) >= 11 is 0. The number of nitrogens with one attached hydrogen (secondary N) is 1. The number of nitrogens with two attached hydrogens (primary N) is 1. The van der Waals surface area contributed by atoms with Crippen molar-refractivity contribution in [3.8, 4) is 0 Å². The highest BCUT2D eigenvalue weighted by Crippen LogP contribution is 2.18.